The third-order valence-electron chi connectivity index (χ3n) is 3.63. The molecule has 7 heteroatoms. The van der Waals surface area contributed by atoms with Crippen LogP contribution in [0, 0.1) is 11.3 Å². The van der Waals surface area contributed by atoms with Crippen LogP contribution in [-0.2, 0) is 11.2 Å². The van der Waals surface area contributed by atoms with Gasteiger partial charge in [0.1, 0.15) is 5.75 Å². The summed E-state index contributed by atoms with van der Waals surface area (Å²) < 4.78 is 21.1. The van der Waals surface area contributed by atoms with Gasteiger partial charge in [0.15, 0.2) is 11.5 Å². The molecule has 0 saturated heterocycles. The van der Waals surface area contributed by atoms with E-state index < -0.39 is 5.97 Å². The Labute approximate surface area is 156 Å². The van der Waals surface area contributed by atoms with E-state index in [2.05, 4.69) is 0 Å². The molecule has 0 bridgehead atoms. The van der Waals surface area contributed by atoms with Crippen LogP contribution in [0.1, 0.15) is 17.5 Å². The van der Waals surface area contributed by atoms with Gasteiger partial charge in [-0.1, -0.05) is 11.6 Å². The van der Waals surface area contributed by atoms with E-state index in [-0.39, 0.29) is 17.2 Å². The van der Waals surface area contributed by atoms with Crippen LogP contribution < -0.4 is 18.9 Å². The van der Waals surface area contributed by atoms with E-state index in [0.717, 1.165) is 5.56 Å². The van der Waals surface area contributed by atoms with Gasteiger partial charge in [0, 0.05) is 6.42 Å². The van der Waals surface area contributed by atoms with E-state index in [0.29, 0.717) is 29.2 Å². The topological polar surface area (TPSA) is 77.8 Å². The standard InChI is InChI=1S/C19H18ClNO5/c1-23-16-9-12(10-17(24-2)19(16)25-3)5-7-18(22)26-15-6-4-13(11-21)8-14(15)20/h4,6,8-10H,5,7H2,1-3H3. The molecular formula is C19H18ClNO5. The van der Waals surface area contributed by atoms with E-state index >= 15 is 0 Å². The summed E-state index contributed by atoms with van der Waals surface area (Å²) in [5, 5.41) is 9.04. The van der Waals surface area contributed by atoms with Gasteiger partial charge in [0.2, 0.25) is 5.75 Å². The molecule has 0 aliphatic rings. The number of nitriles is 1. The predicted molar refractivity (Wildman–Crippen MR) is 96.2 cm³/mol. The minimum Gasteiger partial charge on any atom is -0.493 e. The number of carbonyl (C=O) groups excluding carboxylic acids is 1. The zero-order valence-electron chi connectivity index (χ0n) is 14.7. The van der Waals surface area contributed by atoms with Crippen LogP contribution in [-0.4, -0.2) is 27.3 Å². The summed E-state index contributed by atoms with van der Waals surface area (Å²) in [6.45, 7) is 0. The molecule has 6 nitrogen and oxygen atoms in total. The highest BCUT2D eigenvalue weighted by molar-refractivity contribution is 6.32. The molecule has 0 unspecified atom stereocenters. The van der Waals surface area contributed by atoms with E-state index in [1.807, 2.05) is 6.07 Å². The predicted octanol–water partition coefficient (Wildman–Crippen LogP) is 3.78. The monoisotopic (exact) mass is 375 g/mol. The summed E-state index contributed by atoms with van der Waals surface area (Å²) in [5.74, 6) is 1.31. The Morgan fingerprint density at radius 2 is 1.69 bits per heavy atom. The van der Waals surface area contributed by atoms with E-state index in [9.17, 15) is 4.79 Å². The van der Waals surface area contributed by atoms with Crippen molar-refractivity contribution < 1.29 is 23.7 Å². The molecule has 0 radical (unpaired) electrons. The average molecular weight is 376 g/mol. The first-order valence-corrected chi connectivity index (χ1v) is 8.09. The maximum absolute atomic E-state index is 12.1. The Balaban J connectivity index is 2.06. The van der Waals surface area contributed by atoms with Crippen LogP contribution in [0.2, 0.25) is 5.02 Å². The first kappa shape index (κ1) is 19.4. The molecule has 0 heterocycles. The van der Waals surface area contributed by atoms with Gasteiger partial charge >= 0.3 is 5.97 Å². The van der Waals surface area contributed by atoms with Crippen LogP contribution in [0.5, 0.6) is 23.0 Å². The lowest BCUT2D eigenvalue weighted by atomic mass is 10.1. The van der Waals surface area contributed by atoms with Crippen LogP contribution in [0.3, 0.4) is 0 Å². The summed E-state index contributed by atoms with van der Waals surface area (Å²) in [6, 6.07) is 10.0. The Morgan fingerprint density at radius 1 is 1.04 bits per heavy atom. The second-order valence-electron chi connectivity index (χ2n) is 5.26. The SMILES string of the molecule is COc1cc(CCC(=O)Oc2ccc(C#N)cc2Cl)cc(OC)c1OC. The number of rotatable bonds is 7. The Morgan fingerprint density at radius 3 is 2.19 bits per heavy atom. The number of ether oxygens (including phenoxy) is 4. The molecule has 0 aliphatic heterocycles. The second-order valence-corrected chi connectivity index (χ2v) is 5.67. The number of hydrogen-bond acceptors (Lipinski definition) is 6. The summed E-state index contributed by atoms with van der Waals surface area (Å²) in [5.41, 5.74) is 1.23. The van der Waals surface area contributed by atoms with Crippen LogP contribution in [0.4, 0.5) is 0 Å². The molecule has 0 fully saturated rings. The molecule has 2 rings (SSSR count). The van der Waals surface area contributed by atoms with Crippen molar-refractivity contribution in [3.63, 3.8) is 0 Å². The lowest BCUT2D eigenvalue weighted by molar-refractivity contribution is -0.134. The van der Waals surface area contributed by atoms with Gasteiger partial charge in [-0.15, -0.1) is 0 Å². The van der Waals surface area contributed by atoms with Gasteiger partial charge in [-0.3, -0.25) is 4.79 Å². The number of nitrogens with zero attached hydrogens (tertiary/aromatic N) is 1. The largest absolute Gasteiger partial charge is 0.493 e. The molecule has 26 heavy (non-hydrogen) atoms. The zero-order valence-corrected chi connectivity index (χ0v) is 15.4. The molecule has 0 N–H and O–H groups in total. The number of aryl methyl sites for hydroxylation is 1. The van der Waals surface area contributed by atoms with Crippen molar-refractivity contribution in [2.24, 2.45) is 0 Å². The second kappa shape index (κ2) is 8.97. The van der Waals surface area contributed by atoms with Gasteiger partial charge < -0.3 is 18.9 Å². The first-order chi connectivity index (χ1) is 12.5. The van der Waals surface area contributed by atoms with Crippen LogP contribution in [0.25, 0.3) is 0 Å². The van der Waals surface area contributed by atoms with Crippen molar-refractivity contribution in [3.05, 3.63) is 46.5 Å². The van der Waals surface area contributed by atoms with Crippen molar-refractivity contribution in [2.45, 2.75) is 12.8 Å². The molecule has 0 spiro atoms. The maximum Gasteiger partial charge on any atom is 0.311 e. The fourth-order valence-electron chi connectivity index (χ4n) is 2.35. The highest BCUT2D eigenvalue weighted by Gasteiger charge is 2.15. The van der Waals surface area contributed by atoms with Crippen molar-refractivity contribution in [3.8, 4) is 29.1 Å². The van der Waals surface area contributed by atoms with Gasteiger partial charge in [-0.05, 0) is 42.3 Å². The molecule has 0 aliphatic carbocycles. The third-order valence-corrected chi connectivity index (χ3v) is 3.92. The molecule has 136 valence electrons. The fraction of sp³-hybridized carbons (Fsp3) is 0.263. The van der Waals surface area contributed by atoms with Gasteiger partial charge in [-0.25, -0.2) is 0 Å². The number of hydrogen-bond donors (Lipinski definition) is 0. The van der Waals surface area contributed by atoms with Crippen molar-refractivity contribution in [2.75, 3.05) is 21.3 Å². The summed E-state index contributed by atoms with van der Waals surface area (Å²) in [6.07, 6.45) is 0.554. The highest BCUT2D eigenvalue weighted by Crippen LogP contribution is 2.38. The van der Waals surface area contributed by atoms with Gasteiger partial charge in [0.05, 0.1) is 38.0 Å². The quantitative estimate of drug-likeness (QED) is 0.541. The molecule has 2 aromatic rings. The van der Waals surface area contributed by atoms with E-state index in [1.54, 1.807) is 12.1 Å². The molecule has 2 aromatic carbocycles. The highest BCUT2D eigenvalue weighted by atomic mass is 35.5. The Bertz CT molecular complexity index is 819. The van der Waals surface area contributed by atoms with Gasteiger partial charge in [0.25, 0.3) is 0 Å². The normalized spacial score (nSPS) is 9.96. The smallest absolute Gasteiger partial charge is 0.311 e. The lowest BCUT2D eigenvalue weighted by Crippen LogP contribution is -2.09. The van der Waals surface area contributed by atoms with Crippen LogP contribution >= 0.6 is 11.6 Å². The molecule has 0 amide bonds. The Hall–Kier alpha value is -2.91. The first-order valence-electron chi connectivity index (χ1n) is 7.71. The minimum atomic E-state index is -0.439. The molecule has 0 atom stereocenters. The third kappa shape index (κ3) is 4.58. The molecule has 0 saturated carbocycles. The average Bonchev–Trinajstić information content (AvgIpc) is 2.66. The minimum absolute atomic E-state index is 0.134. The van der Waals surface area contributed by atoms with Gasteiger partial charge in [-0.2, -0.15) is 5.26 Å². The number of carbonyl (C=O) groups is 1. The van der Waals surface area contributed by atoms with Crippen LogP contribution in [0.15, 0.2) is 30.3 Å². The lowest BCUT2D eigenvalue weighted by Gasteiger charge is -2.14. The molecule has 0 aromatic heterocycles. The summed E-state index contributed by atoms with van der Waals surface area (Å²) in [7, 11) is 4.59. The van der Waals surface area contributed by atoms with E-state index in [4.69, 9.17) is 35.8 Å². The maximum atomic E-state index is 12.1. The molecular weight excluding hydrogens is 358 g/mol. The summed E-state index contributed by atoms with van der Waals surface area (Å²) >= 11 is 6.01. The number of methoxy groups -OCH3 is 3. The number of benzene rings is 2. The number of halogens is 1. The van der Waals surface area contributed by atoms with Crippen molar-refractivity contribution in [1.82, 2.24) is 0 Å². The van der Waals surface area contributed by atoms with Crippen molar-refractivity contribution >= 4 is 17.6 Å². The van der Waals surface area contributed by atoms with Crippen molar-refractivity contribution in [1.29, 1.82) is 5.26 Å². The fourth-order valence-corrected chi connectivity index (χ4v) is 2.57. The number of esters is 1. The van der Waals surface area contributed by atoms with E-state index in [1.165, 1.54) is 39.5 Å². The zero-order chi connectivity index (χ0) is 19.1. The summed E-state index contributed by atoms with van der Waals surface area (Å²) in [4.78, 5) is 12.1. The Kier molecular flexibility index (Phi) is 6.70.